The Labute approximate surface area is 198 Å². The van der Waals surface area contributed by atoms with E-state index in [2.05, 4.69) is 4.90 Å². The first-order valence-corrected chi connectivity index (χ1v) is 12.4. The Morgan fingerprint density at radius 2 is 1.55 bits per heavy atom. The summed E-state index contributed by atoms with van der Waals surface area (Å²) in [5.41, 5.74) is 2.51. The van der Waals surface area contributed by atoms with Crippen LogP contribution >= 0.6 is 34.8 Å². The molecule has 1 heterocycles. The van der Waals surface area contributed by atoms with E-state index in [-0.39, 0.29) is 12.6 Å². The second kappa shape index (κ2) is 9.00. The highest BCUT2D eigenvalue weighted by molar-refractivity contribution is 7.89. The van der Waals surface area contributed by atoms with Gasteiger partial charge in [-0.15, -0.1) is 0 Å². The van der Waals surface area contributed by atoms with E-state index >= 15 is 0 Å². The fourth-order valence-electron chi connectivity index (χ4n) is 3.93. The summed E-state index contributed by atoms with van der Waals surface area (Å²) >= 11 is 18.7. The van der Waals surface area contributed by atoms with E-state index in [1.54, 1.807) is 28.6 Å². The van der Waals surface area contributed by atoms with Gasteiger partial charge in [-0.05, 0) is 54.4 Å². The second-order valence-electron chi connectivity index (χ2n) is 7.49. The molecule has 1 fully saturated rings. The molecule has 0 saturated carbocycles. The van der Waals surface area contributed by atoms with Crippen molar-refractivity contribution in [2.75, 3.05) is 24.5 Å². The molecule has 3 aromatic carbocycles. The van der Waals surface area contributed by atoms with Crippen LogP contribution in [0.2, 0.25) is 15.1 Å². The molecule has 1 aliphatic heterocycles. The van der Waals surface area contributed by atoms with Crippen molar-refractivity contribution in [2.24, 2.45) is 0 Å². The second-order valence-corrected chi connectivity index (χ2v) is 10.7. The molecular formula is C23H21Cl3N2O2S. The molecule has 1 atom stereocenters. The smallest absolute Gasteiger partial charge is 0.243 e. The van der Waals surface area contributed by atoms with Crippen molar-refractivity contribution in [1.82, 2.24) is 4.31 Å². The Morgan fingerprint density at radius 1 is 0.871 bits per heavy atom. The van der Waals surface area contributed by atoms with Crippen molar-refractivity contribution in [3.8, 4) is 0 Å². The summed E-state index contributed by atoms with van der Waals surface area (Å²) in [6.45, 7) is 2.93. The van der Waals surface area contributed by atoms with E-state index in [9.17, 15) is 8.42 Å². The number of nitrogens with zero attached hydrogens (tertiary/aromatic N) is 2. The Hall–Kier alpha value is -1.76. The van der Waals surface area contributed by atoms with Gasteiger partial charge in [-0.2, -0.15) is 4.31 Å². The Balaban J connectivity index is 1.74. The molecular weight excluding hydrogens is 475 g/mol. The molecule has 4 nitrogen and oxygen atoms in total. The third kappa shape index (κ3) is 4.57. The van der Waals surface area contributed by atoms with Crippen LogP contribution in [0.4, 0.5) is 5.69 Å². The highest BCUT2D eigenvalue weighted by Crippen LogP contribution is 2.38. The van der Waals surface area contributed by atoms with Gasteiger partial charge in [0.15, 0.2) is 0 Å². The van der Waals surface area contributed by atoms with Gasteiger partial charge in [0.25, 0.3) is 0 Å². The molecule has 0 aliphatic carbocycles. The Morgan fingerprint density at radius 3 is 2.23 bits per heavy atom. The van der Waals surface area contributed by atoms with Gasteiger partial charge in [-0.1, -0.05) is 65.1 Å². The lowest BCUT2D eigenvalue weighted by atomic mass is 10.0. The van der Waals surface area contributed by atoms with Crippen molar-refractivity contribution in [3.63, 3.8) is 0 Å². The molecule has 0 radical (unpaired) electrons. The van der Waals surface area contributed by atoms with E-state index in [0.29, 0.717) is 33.1 Å². The average molecular weight is 496 g/mol. The van der Waals surface area contributed by atoms with Crippen LogP contribution in [0.3, 0.4) is 0 Å². The summed E-state index contributed by atoms with van der Waals surface area (Å²) in [4.78, 5) is 2.47. The van der Waals surface area contributed by atoms with Gasteiger partial charge < -0.3 is 4.90 Å². The normalized spacial score (nSPS) is 17.7. The van der Waals surface area contributed by atoms with Gasteiger partial charge in [-0.3, -0.25) is 0 Å². The van der Waals surface area contributed by atoms with Crippen molar-refractivity contribution >= 4 is 50.5 Å². The summed E-state index contributed by atoms with van der Waals surface area (Å²) in [6, 6.07) is 19.7. The highest BCUT2D eigenvalue weighted by atomic mass is 35.5. The maximum atomic E-state index is 13.4. The molecule has 8 heteroatoms. The number of piperazine rings is 1. The van der Waals surface area contributed by atoms with Crippen LogP contribution in [0, 0.1) is 6.92 Å². The lowest BCUT2D eigenvalue weighted by Crippen LogP contribution is -2.50. The molecule has 4 rings (SSSR count). The number of hydrogen-bond acceptors (Lipinski definition) is 3. The van der Waals surface area contributed by atoms with Gasteiger partial charge in [-0.25, -0.2) is 8.42 Å². The Bertz CT molecular complexity index is 1200. The molecule has 3 aromatic rings. The first kappa shape index (κ1) is 22.4. The van der Waals surface area contributed by atoms with E-state index < -0.39 is 10.0 Å². The first-order valence-electron chi connectivity index (χ1n) is 9.80. The third-order valence-corrected chi connectivity index (χ3v) is 8.34. The SMILES string of the molecule is Cc1ccccc1S(=O)(=O)N1CCN(c2ccc(Cl)cc2Cl)C(c2ccc(Cl)cc2)C1. The molecule has 0 amide bonds. The Kier molecular flexibility index (Phi) is 6.52. The van der Waals surface area contributed by atoms with Crippen LogP contribution in [0.15, 0.2) is 71.6 Å². The van der Waals surface area contributed by atoms with Crippen molar-refractivity contribution in [3.05, 3.63) is 92.9 Å². The van der Waals surface area contributed by atoms with Crippen LogP contribution in [0.5, 0.6) is 0 Å². The lowest BCUT2D eigenvalue weighted by Gasteiger charge is -2.43. The number of anilines is 1. The van der Waals surface area contributed by atoms with Gasteiger partial charge >= 0.3 is 0 Å². The summed E-state index contributed by atoms with van der Waals surface area (Å²) in [7, 11) is -3.64. The van der Waals surface area contributed by atoms with Gasteiger partial charge in [0.1, 0.15) is 0 Å². The molecule has 1 unspecified atom stereocenters. The monoisotopic (exact) mass is 494 g/mol. The fraction of sp³-hybridized carbons (Fsp3) is 0.217. The number of rotatable bonds is 4. The molecule has 0 N–H and O–H groups in total. The van der Waals surface area contributed by atoms with Crippen LogP contribution < -0.4 is 4.90 Å². The zero-order valence-corrected chi connectivity index (χ0v) is 19.9. The molecule has 0 bridgehead atoms. The third-order valence-electron chi connectivity index (χ3n) is 5.53. The summed E-state index contributed by atoms with van der Waals surface area (Å²) in [5, 5.41) is 1.71. The van der Waals surface area contributed by atoms with Crippen LogP contribution in [-0.4, -0.2) is 32.4 Å². The van der Waals surface area contributed by atoms with Crippen LogP contribution in [0.25, 0.3) is 0 Å². The topological polar surface area (TPSA) is 40.6 Å². The summed E-state index contributed by atoms with van der Waals surface area (Å²) < 4.78 is 28.4. The van der Waals surface area contributed by atoms with E-state index in [1.165, 1.54) is 0 Å². The largest absolute Gasteiger partial charge is 0.361 e. The maximum absolute atomic E-state index is 13.4. The van der Waals surface area contributed by atoms with Gasteiger partial charge in [0.2, 0.25) is 10.0 Å². The zero-order chi connectivity index (χ0) is 22.2. The average Bonchev–Trinajstić information content (AvgIpc) is 2.74. The first-order chi connectivity index (χ1) is 14.8. The minimum atomic E-state index is -3.64. The minimum absolute atomic E-state index is 0.233. The molecule has 0 aromatic heterocycles. The van der Waals surface area contributed by atoms with Crippen molar-refractivity contribution in [2.45, 2.75) is 17.9 Å². The van der Waals surface area contributed by atoms with Crippen LogP contribution in [-0.2, 0) is 10.0 Å². The molecule has 0 spiro atoms. The number of hydrogen-bond donors (Lipinski definition) is 0. The molecule has 31 heavy (non-hydrogen) atoms. The van der Waals surface area contributed by atoms with Gasteiger partial charge in [0, 0.05) is 29.7 Å². The summed E-state index contributed by atoms with van der Waals surface area (Å²) in [5.74, 6) is 0. The number of sulfonamides is 1. The molecule has 1 aliphatic rings. The number of benzene rings is 3. The predicted molar refractivity (Wildman–Crippen MR) is 128 cm³/mol. The quantitative estimate of drug-likeness (QED) is 0.432. The minimum Gasteiger partial charge on any atom is -0.361 e. The van der Waals surface area contributed by atoms with Crippen LogP contribution in [0.1, 0.15) is 17.2 Å². The maximum Gasteiger partial charge on any atom is 0.243 e. The lowest BCUT2D eigenvalue weighted by molar-refractivity contribution is 0.335. The number of halogens is 3. The number of aryl methyl sites for hydroxylation is 1. The van der Waals surface area contributed by atoms with Gasteiger partial charge in [0.05, 0.1) is 21.6 Å². The predicted octanol–water partition coefficient (Wildman–Crippen LogP) is 6.21. The van der Waals surface area contributed by atoms with Crippen molar-refractivity contribution < 1.29 is 8.42 Å². The standard InChI is InChI=1S/C23H21Cl3N2O2S/c1-16-4-2-3-5-23(16)31(29,30)27-12-13-28(21-11-10-19(25)14-20(21)26)22(15-27)17-6-8-18(24)9-7-17/h2-11,14,22H,12-13,15H2,1H3. The zero-order valence-electron chi connectivity index (χ0n) is 16.8. The molecule has 1 saturated heterocycles. The fourth-order valence-corrected chi connectivity index (χ4v) is 6.24. The van der Waals surface area contributed by atoms with E-state index in [0.717, 1.165) is 16.8 Å². The van der Waals surface area contributed by atoms with E-state index in [1.807, 2.05) is 49.4 Å². The van der Waals surface area contributed by atoms with E-state index in [4.69, 9.17) is 34.8 Å². The van der Waals surface area contributed by atoms with Crippen molar-refractivity contribution in [1.29, 1.82) is 0 Å². The highest BCUT2D eigenvalue weighted by Gasteiger charge is 2.36. The summed E-state index contributed by atoms with van der Waals surface area (Å²) in [6.07, 6.45) is 0. The molecule has 162 valence electrons.